The van der Waals surface area contributed by atoms with Gasteiger partial charge in [0.05, 0.1) is 19.0 Å². The fraction of sp³-hybridized carbons (Fsp3) is 0.238. The van der Waals surface area contributed by atoms with Crippen molar-refractivity contribution in [3.8, 4) is 11.5 Å². The van der Waals surface area contributed by atoms with E-state index in [-0.39, 0.29) is 12.5 Å². The Bertz CT molecular complexity index is 1010. The van der Waals surface area contributed by atoms with Crippen LogP contribution < -0.4 is 14.9 Å². The van der Waals surface area contributed by atoms with Gasteiger partial charge in [0.2, 0.25) is 0 Å². The zero-order chi connectivity index (χ0) is 20.6. The van der Waals surface area contributed by atoms with E-state index in [2.05, 4.69) is 20.7 Å². The van der Waals surface area contributed by atoms with Gasteiger partial charge in [0.15, 0.2) is 23.9 Å². The highest BCUT2D eigenvalue weighted by molar-refractivity contribution is 5.91. The number of anilines is 1. The van der Waals surface area contributed by atoms with Gasteiger partial charge in [-0.15, -0.1) is 5.10 Å². The quantitative estimate of drug-likeness (QED) is 0.468. The van der Waals surface area contributed by atoms with Crippen molar-refractivity contribution in [2.75, 3.05) is 32.7 Å². The number of amides is 1. The van der Waals surface area contributed by atoms with E-state index in [0.717, 1.165) is 16.3 Å². The molecular formula is C21H23N5O3. The van der Waals surface area contributed by atoms with Crippen LogP contribution in [0, 0.1) is 0 Å². The summed E-state index contributed by atoms with van der Waals surface area (Å²) in [5.74, 6) is 1.50. The number of carbonyl (C=O) groups is 1. The average molecular weight is 393 g/mol. The zero-order valence-corrected chi connectivity index (χ0v) is 16.6. The molecule has 0 aliphatic carbocycles. The van der Waals surface area contributed by atoms with Crippen LogP contribution in [-0.4, -0.2) is 54.5 Å². The Labute approximate surface area is 169 Å². The third-order valence-electron chi connectivity index (χ3n) is 4.07. The van der Waals surface area contributed by atoms with Crippen molar-refractivity contribution in [1.82, 2.24) is 15.1 Å². The van der Waals surface area contributed by atoms with Gasteiger partial charge in [0.1, 0.15) is 0 Å². The van der Waals surface area contributed by atoms with E-state index in [0.29, 0.717) is 23.9 Å². The first-order valence-electron chi connectivity index (χ1n) is 9.17. The molecule has 0 aliphatic heterocycles. The smallest absolute Gasteiger partial charge is 0.259 e. The molecule has 8 heteroatoms. The van der Waals surface area contributed by atoms with Crippen molar-refractivity contribution in [3.05, 3.63) is 54.2 Å². The molecule has 1 aromatic heterocycles. The van der Waals surface area contributed by atoms with E-state index in [1.807, 2.05) is 37.3 Å². The van der Waals surface area contributed by atoms with Crippen LogP contribution >= 0.6 is 0 Å². The number of hydrazone groups is 1. The zero-order valence-electron chi connectivity index (χ0n) is 16.6. The third-order valence-corrected chi connectivity index (χ3v) is 4.07. The maximum Gasteiger partial charge on any atom is 0.259 e. The number of rotatable bonds is 8. The van der Waals surface area contributed by atoms with E-state index in [4.69, 9.17) is 9.47 Å². The van der Waals surface area contributed by atoms with Gasteiger partial charge in [0.25, 0.3) is 5.91 Å². The summed E-state index contributed by atoms with van der Waals surface area (Å²) in [5.41, 5.74) is 3.73. The van der Waals surface area contributed by atoms with Crippen LogP contribution in [0.15, 0.2) is 53.8 Å². The number of hydrogen-bond acceptors (Lipinski definition) is 7. The maximum atomic E-state index is 11.7. The van der Waals surface area contributed by atoms with Crippen LogP contribution in [0.5, 0.6) is 11.5 Å². The van der Waals surface area contributed by atoms with E-state index in [1.165, 1.54) is 4.90 Å². The molecule has 0 atom stereocenters. The Kier molecular flexibility index (Phi) is 6.57. The predicted octanol–water partition coefficient (Wildman–Crippen LogP) is 2.94. The summed E-state index contributed by atoms with van der Waals surface area (Å²) in [4.78, 5) is 13.2. The number of fused-ring (bicyclic) bond motifs is 1. The summed E-state index contributed by atoms with van der Waals surface area (Å²) in [6, 6.07) is 13.2. The number of likely N-dealkylation sites (N-methyl/N-ethyl adjacent to an activating group) is 1. The number of aromatic nitrogens is 2. The molecule has 29 heavy (non-hydrogen) atoms. The van der Waals surface area contributed by atoms with Crippen molar-refractivity contribution >= 4 is 28.7 Å². The molecule has 3 aromatic rings. The lowest BCUT2D eigenvalue weighted by Gasteiger charge is -2.14. The summed E-state index contributed by atoms with van der Waals surface area (Å²) < 4.78 is 11.2. The van der Waals surface area contributed by atoms with E-state index in [9.17, 15) is 4.79 Å². The van der Waals surface area contributed by atoms with Gasteiger partial charge in [-0.2, -0.15) is 10.2 Å². The minimum Gasteiger partial charge on any atom is -0.490 e. The molecule has 8 nitrogen and oxygen atoms in total. The largest absolute Gasteiger partial charge is 0.490 e. The van der Waals surface area contributed by atoms with Crippen LogP contribution in [0.1, 0.15) is 12.5 Å². The number of nitrogens with one attached hydrogen (secondary N) is 1. The number of hydrogen-bond donors (Lipinski definition) is 1. The molecule has 150 valence electrons. The number of nitrogens with zero attached hydrogens (tertiary/aromatic N) is 4. The SMILES string of the molecule is CCOc1cc(/C=N/Nc2nncc3ccccc23)ccc1OCC(=O)N(C)C. The van der Waals surface area contributed by atoms with Gasteiger partial charge in [-0.3, -0.25) is 10.2 Å². The minimum atomic E-state index is -0.126. The Hall–Kier alpha value is -3.68. The molecule has 0 radical (unpaired) electrons. The summed E-state index contributed by atoms with van der Waals surface area (Å²) in [6.07, 6.45) is 3.36. The fourth-order valence-corrected chi connectivity index (χ4v) is 2.54. The molecule has 2 aromatic carbocycles. The average Bonchev–Trinajstić information content (AvgIpc) is 2.73. The van der Waals surface area contributed by atoms with Crippen molar-refractivity contribution in [3.63, 3.8) is 0 Å². The minimum absolute atomic E-state index is 0.0538. The molecule has 0 saturated carbocycles. The molecule has 0 fully saturated rings. The van der Waals surface area contributed by atoms with Gasteiger partial charge < -0.3 is 14.4 Å². The first kappa shape index (κ1) is 20.1. The topological polar surface area (TPSA) is 88.9 Å². The highest BCUT2D eigenvalue weighted by Gasteiger charge is 2.10. The lowest BCUT2D eigenvalue weighted by atomic mass is 10.2. The Morgan fingerprint density at radius 1 is 1.17 bits per heavy atom. The number of ether oxygens (including phenoxy) is 2. The molecule has 0 bridgehead atoms. The molecule has 1 N–H and O–H groups in total. The van der Waals surface area contributed by atoms with Crippen LogP contribution in [0.2, 0.25) is 0 Å². The normalized spacial score (nSPS) is 10.9. The van der Waals surface area contributed by atoms with Crippen molar-refractivity contribution in [1.29, 1.82) is 0 Å². The second-order valence-electron chi connectivity index (χ2n) is 6.37. The molecule has 0 unspecified atom stereocenters. The highest BCUT2D eigenvalue weighted by atomic mass is 16.5. The lowest BCUT2D eigenvalue weighted by molar-refractivity contribution is -0.130. The summed E-state index contributed by atoms with van der Waals surface area (Å²) in [7, 11) is 3.37. The van der Waals surface area contributed by atoms with Crippen molar-refractivity contribution in [2.24, 2.45) is 5.10 Å². The maximum absolute atomic E-state index is 11.7. The van der Waals surface area contributed by atoms with E-state index in [1.54, 1.807) is 38.6 Å². The van der Waals surface area contributed by atoms with Crippen molar-refractivity contribution < 1.29 is 14.3 Å². The highest BCUT2D eigenvalue weighted by Crippen LogP contribution is 2.28. The summed E-state index contributed by atoms with van der Waals surface area (Å²) in [5, 5.41) is 14.2. The van der Waals surface area contributed by atoms with Crippen LogP contribution in [0.4, 0.5) is 5.82 Å². The Balaban J connectivity index is 1.73. The first-order chi connectivity index (χ1) is 14.1. The van der Waals surface area contributed by atoms with Crippen molar-refractivity contribution in [2.45, 2.75) is 6.92 Å². The van der Waals surface area contributed by atoms with Gasteiger partial charge in [-0.1, -0.05) is 24.3 Å². The number of benzene rings is 2. The molecular weight excluding hydrogens is 370 g/mol. The monoisotopic (exact) mass is 393 g/mol. The molecule has 0 spiro atoms. The van der Waals surface area contributed by atoms with Crippen LogP contribution in [0.3, 0.4) is 0 Å². The van der Waals surface area contributed by atoms with Crippen LogP contribution in [0.25, 0.3) is 10.8 Å². The summed E-state index contributed by atoms with van der Waals surface area (Å²) in [6.45, 7) is 2.31. The Morgan fingerprint density at radius 3 is 2.79 bits per heavy atom. The van der Waals surface area contributed by atoms with Gasteiger partial charge >= 0.3 is 0 Å². The summed E-state index contributed by atoms with van der Waals surface area (Å²) >= 11 is 0. The lowest BCUT2D eigenvalue weighted by Crippen LogP contribution is -2.27. The van der Waals surface area contributed by atoms with Crippen LogP contribution in [-0.2, 0) is 4.79 Å². The molecule has 1 amide bonds. The Morgan fingerprint density at radius 2 is 2.00 bits per heavy atom. The first-order valence-corrected chi connectivity index (χ1v) is 9.17. The third kappa shape index (κ3) is 5.19. The number of carbonyl (C=O) groups excluding carboxylic acids is 1. The molecule has 0 saturated heterocycles. The van der Waals surface area contributed by atoms with Gasteiger partial charge in [0, 0.05) is 24.9 Å². The molecule has 1 heterocycles. The fourth-order valence-electron chi connectivity index (χ4n) is 2.54. The van der Waals surface area contributed by atoms with E-state index < -0.39 is 0 Å². The molecule has 0 aliphatic rings. The second-order valence-corrected chi connectivity index (χ2v) is 6.37. The second kappa shape index (κ2) is 9.50. The van der Waals surface area contributed by atoms with E-state index >= 15 is 0 Å². The molecule has 3 rings (SSSR count). The predicted molar refractivity (Wildman–Crippen MR) is 113 cm³/mol. The van der Waals surface area contributed by atoms with Gasteiger partial charge in [-0.05, 0) is 30.7 Å². The standard InChI is InChI=1S/C21H23N5O3/c1-4-28-19-11-15(9-10-18(19)29-14-20(27)26(2)3)12-22-24-21-17-8-6-5-7-16(17)13-23-25-21/h5-13H,4,14H2,1-3H3,(H,24,25)/b22-12+. The van der Waals surface area contributed by atoms with Gasteiger partial charge in [-0.25, -0.2) is 0 Å².